The van der Waals surface area contributed by atoms with Gasteiger partial charge in [0.2, 0.25) is 0 Å². The molecule has 7 heteroatoms. The molecule has 2 aromatic rings. The number of nitro groups is 1. The molecule has 1 saturated carbocycles. The zero-order chi connectivity index (χ0) is 17.3. The van der Waals surface area contributed by atoms with E-state index in [0.29, 0.717) is 5.02 Å². The molecule has 1 fully saturated rings. The molecule has 0 radical (unpaired) electrons. The number of carbonyl (C=O) groups excluding carboxylic acids is 1. The highest BCUT2D eigenvalue weighted by molar-refractivity contribution is 6.34. The Morgan fingerprint density at radius 1 is 1.12 bits per heavy atom. The smallest absolute Gasteiger partial charge is 0.270 e. The summed E-state index contributed by atoms with van der Waals surface area (Å²) in [7, 11) is 0. The molecule has 124 valence electrons. The number of nitro benzene ring substituents is 1. The number of carbonyl (C=O) groups is 1. The van der Waals surface area contributed by atoms with E-state index in [4.69, 9.17) is 23.2 Å². The summed E-state index contributed by atoms with van der Waals surface area (Å²) >= 11 is 12.0. The van der Waals surface area contributed by atoms with E-state index < -0.39 is 10.5 Å². The topological polar surface area (TPSA) is 72.2 Å². The summed E-state index contributed by atoms with van der Waals surface area (Å²) < 4.78 is 0. The largest absolute Gasteiger partial charge is 0.342 e. The Kier molecular flexibility index (Phi) is 4.47. The van der Waals surface area contributed by atoms with Gasteiger partial charge in [-0.2, -0.15) is 0 Å². The van der Waals surface area contributed by atoms with Crippen LogP contribution in [0.15, 0.2) is 42.5 Å². The maximum Gasteiger partial charge on any atom is 0.270 e. The second-order valence-corrected chi connectivity index (χ2v) is 6.66. The van der Waals surface area contributed by atoms with Gasteiger partial charge in [-0.15, -0.1) is 0 Å². The molecule has 0 aliphatic heterocycles. The predicted octanol–water partition coefficient (Wildman–Crippen LogP) is 4.71. The van der Waals surface area contributed by atoms with Crippen LogP contribution >= 0.6 is 23.2 Å². The average molecular weight is 365 g/mol. The zero-order valence-corrected chi connectivity index (χ0v) is 14.1. The van der Waals surface area contributed by atoms with E-state index in [1.807, 2.05) is 12.1 Å². The van der Waals surface area contributed by atoms with Gasteiger partial charge in [0, 0.05) is 17.2 Å². The number of nitrogens with zero attached hydrogens (tertiary/aromatic N) is 1. The third kappa shape index (κ3) is 3.09. The Bertz CT molecular complexity index is 802. The lowest BCUT2D eigenvalue weighted by atomic mass is 9.71. The molecule has 24 heavy (non-hydrogen) atoms. The molecule has 2 aromatic carbocycles. The third-order valence-electron chi connectivity index (χ3n) is 4.36. The second kappa shape index (κ2) is 6.42. The lowest BCUT2D eigenvalue weighted by Crippen LogP contribution is -2.50. The van der Waals surface area contributed by atoms with Crippen LogP contribution in [0.25, 0.3) is 0 Å². The van der Waals surface area contributed by atoms with Gasteiger partial charge < -0.3 is 5.32 Å². The lowest BCUT2D eigenvalue weighted by Gasteiger charge is -2.43. The molecule has 1 aliphatic rings. The number of benzene rings is 2. The number of non-ortho nitro benzene ring substituents is 1. The molecule has 3 rings (SSSR count). The minimum atomic E-state index is -0.547. The van der Waals surface area contributed by atoms with Crippen LogP contribution in [0.1, 0.15) is 35.2 Å². The molecule has 0 bridgehead atoms. The Hall–Kier alpha value is -2.11. The van der Waals surface area contributed by atoms with Gasteiger partial charge in [0.05, 0.1) is 21.0 Å². The predicted molar refractivity (Wildman–Crippen MR) is 92.6 cm³/mol. The Morgan fingerprint density at radius 2 is 1.79 bits per heavy atom. The molecule has 0 spiro atoms. The van der Waals surface area contributed by atoms with Gasteiger partial charge in [-0.25, -0.2) is 0 Å². The summed E-state index contributed by atoms with van der Waals surface area (Å²) in [6.07, 6.45) is 2.66. The first-order chi connectivity index (χ1) is 11.4. The molecule has 0 atom stereocenters. The standard InChI is InChI=1S/C17H14Cl2N2O3/c18-12-4-2-11(3-5-12)17(8-1-9-17)20-16(22)14-7-6-13(21(23)24)10-15(14)19/h2-7,10H,1,8-9H2,(H,20,22). The van der Waals surface area contributed by atoms with Gasteiger partial charge in [0.1, 0.15) is 0 Å². The monoisotopic (exact) mass is 364 g/mol. The first-order valence-electron chi connectivity index (χ1n) is 7.44. The van der Waals surface area contributed by atoms with Crippen LogP contribution in [0, 0.1) is 10.1 Å². The highest BCUT2D eigenvalue weighted by Crippen LogP contribution is 2.42. The summed E-state index contributed by atoms with van der Waals surface area (Å²) in [6, 6.07) is 11.2. The van der Waals surface area contributed by atoms with Crippen molar-refractivity contribution in [2.75, 3.05) is 0 Å². The molecule has 1 N–H and O–H groups in total. The van der Waals surface area contributed by atoms with E-state index in [0.717, 1.165) is 24.8 Å². The fraction of sp³-hybridized carbons (Fsp3) is 0.235. The van der Waals surface area contributed by atoms with E-state index in [1.165, 1.54) is 18.2 Å². The number of hydrogen-bond donors (Lipinski definition) is 1. The average Bonchev–Trinajstić information content (AvgIpc) is 2.51. The first kappa shape index (κ1) is 16.7. The van der Waals surface area contributed by atoms with Crippen LogP contribution in [0.3, 0.4) is 0 Å². The van der Waals surface area contributed by atoms with Crippen molar-refractivity contribution in [1.82, 2.24) is 5.32 Å². The van der Waals surface area contributed by atoms with Crippen molar-refractivity contribution in [3.05, 3.63) is 73.8 Å². The van der Waals surface area contributed by atoms with Gasteiger partial charge in [-0.05, 0) is 43.0 Å². The quantitative estimate of drug-likeness (QED) is 0.630. The van der Waals surface area contributed by atoms with Crippen LogP contribution in [-0.4, -0.2) is 10.8 Å². The molecule has 1 aliphatic carbocycles. The highest BCUT2D eigenvalue weighted by atomic mass is 35.5. The summed E-state index contributed by atoms with van der Waals surface area (Å²) in [4.78, 5) is 22.8. The number of rotatable bonds is 4. The number of amides is 1. The fourth-order valence-electron chi connectivity index (χ4n) is 2.87. The van der Waals surface area contributed by atoms with Gasteiger partial charge >= 0.3 is 0 Å². The van der Waals surface area contributed by atoms with E-state index in [9.17, 15) is 14.9 Å². The molecule has 0 heterocycles. The third-order valence-corrected chi connectivity index (χ3v) is 4.93. The maximum absolute atomic E-state index is 12.6. The van der Waals surface area contributed by atoms with Crippen LogP contribution in [0.5, 0.6) is 0 Å². The molecular weight excluding hydrogens is 351 g/mol. The van der Waals surface area contributed by atoms with E-state index in [1.54, 1.807) is 12.1 Å². The summed E-state index contributed by atoms with van der Waals surface area (Å²) in [5, 5.41) is 14.5. The summed E-state index contributed by atoms with van der Waals surface area (Å²) in [5.74, 6) is -0.343. The number of hydrogen-bond acceptors (Lipinski definition) is 3. The minimum Gasteiger partial charge on any atom is -0.342 e. The van der Waals surface area contributed by atoms with E-state index in [2.05, 4.69) is 5.32 Å². The molecular formula is C17H14Cl2N2O3. The van der Waals surface area contributed by atoms with Crippen LogP contribution in [0.2, 0.25) is 10.0 Å². The first-order valence-corrected chi connectivity index (χ1v) is 8.19. The van der Waals surface area contributed by atoms with Gasteiger partial charge in [0.25, 0.3) is 11.6 Å². The van der Waals surface area contributed by atoms with E-state index in [-0.39, 0.29) is 22.2 Å². The maximum atomic E-state index is 12.6. The van der Waals surface area contributed by atoms with Crippen molar-refractivity contribution in [3.8, 4) is 0 Å². The Morgan fingerprint density at radius 3 is 2.29 bits per heavy atom. The molecule has 0 saturated heterocycles. The summed E-state index contributed by atoms with van der Waals surface area (Å²) in [5.41, 5.74) is 0.631. The Balaban J connectivity index is 1.85. The van der Waals surface area contributed by atoms with Crippen molar-refractivity contribution in [1.29, 1.82) is 0 Å². The van der Waals surface area contributed by atoms with E-state index >= 15 is 0 Å². The fourth-order valence-corrected chi connectivity index (χ4v) is 3.26. The minimum absolute atomic E-state index is 0.0623. The van der Waals surface area contributed by atoms with Crippen molar-refractivity contribution in [2.24, 2.45) is 0 Å². The lowest BCUT2D eigenvalue weighted by molar-refractivity contribution is -0.384. The van der Waals surface area contributed by atoms with Gasteiger partial charge in [-0.3, -0.25) is 14.9 Å². The molecule has 0 unspecified atom stereocenters. The van der Waals surface area contributed by atoms with Crippen LogP contribution < -0.4 is 5.32 Å². The van der Waals surface area contributed by atoms with Crippen LogP contribution in [0.4, 0.5) is 5.69 Å². The number of nitrogens with one attached hydrogen (secondary N) is 1. The molecule has 5 nitrogen and oxygen atoms in total. The highest BCUT2D eigenvalue weighted by Gasteiger charge is 2.40. The van der Waals surface area contributed by atoms with Crippen LogP contribution in [-0.2, 0) is 5.54 Å². The van der Waals surface area contributed by atoms with Gasteiger partial charge in [0.15, 0.2) is 0 Å². The summed E-state index contributed by atoms with van der Waals surface area (Å²) in [6.45, 7) is 0. The molecule has 0 aromatic heterocycles. The zero-order valence-electron chi connectivity index (χ0n) is 12.6. The molecule has 1 amide bonds. The second-order valence-electron chi connectivity index (χ2n) is 5.82. The SMILES string of the molecule is O=C(NC1(c2ccc(Cl)cc2)CCC1)c1ccc([N+](=O)[O-])cc1Cl. The number of halogens is 2. The van der Waals surface area contributed by atoms with Crippen molar-refractivity contribution in [2.45, 2.75) is 24.8 Å². The van der Waals surface area contributed by atoms with Crippen molar-refractivity contribution >= 4 is 34.8 Å². The normalized spacial score (nSPS) is 15.4. The van der Waals surface area contributed by atoms with Gasteiger partial charge in [-0.1, -0.05) is 35.3 Å². The Labute approximate surface area is 148 Å². The van der Waals surface area contributed by atoms with Crippen molar-refractivity contribution < 1.29 is 9.72 Å². The van der Waals surface area contributed by atoms with Crippen molar-refractivity contribution in [3.63, 3.8) is 0 Å².